The Hall–Kier alpha value is -2.02. The molecule has 0 unspecified atom stereocenters. The van der Waals surface area contributed by atoms with Crippen molar-refractivity contribution in [2.45, 2.75) is 30.9 Å². The zero-order valence-electron chi connectivity index (χ0n) is 13.4. The normalized spacial score (nSPS) is 14.7. The van der Waals surface area contributed by atoms with Crippen LogP contribution < -0.4 is 10.6 Å². The van der Waals surface area contributed by atoms with Gasteiger partial charge in [0.05, 0.1) is 0 Å². The van der Waals surface area contributed by atoms with E-state index in [2.05, 4.69) is 15.7 Å². The quantitative estimate of drug-likeness (QED) is 0.781. The van der Waals surface area contributed by atoms with Crippen molar-refractivity contribution < 1.29 is 9.18 Å². The Morgan fingerprint density at radius 2 is 2.21 bits per heavy atom. The maximum absolute atomic E-state index is 14.1. The van der Waals surface area contributed by atoms with Crippen LogP contribution in [0.3, 0.4) is 0 Å². The van der Waals surface area contributed by atoms with Crippen LogP contribution in [-0.2, 0) is 0 Å². The standard InChI is InChI=1S/C17H21FN4OS/c18-15-12-13(6-7-16(15)22-10-3-8-20-22)21-17(23)19-9-11-24-14-4-1-2-5-14/h3,6-8,10,12,14H,1-2,4-5,9,11H2,(H2,19,21,23). The molecule has 2 N–H and O–H groups in total. The molecule has 0 atom stereocenters. The summed E-state index contributed by atoms with van der Waals surface area (Å²) >= 11 is 1.92. The number of hydrogen-bond donors (Lipinski definition) is 2. The monoisotopic (exact) mass is 348 g/mol. The van der Waals surface area contributed by atoms with Crippen LogP contribution in [0.5, 0.6) is 0 Å². The topological polar surface area (TPSA) is 59.0 Å². The van der Waals surface area contributed by atoms with Crippen LogP contribution in [0.4, 0.5) is 14.9 Å². The Labute approximate surface area is 145 Å². The fourth-order valence-electron chi connectivity index (χ4n) is 2.80. The second-order valence-electron chi connectivity index (χ2n) is 5.77. The van der Waals surface area contributed by atoms with Gasteiger partial charge in [-0.2, -0.15) is 16.9 Å². The first kappa shape index (κ1) is 16.8. The Balaban J connectivity index is 1.45. The van der Waals surface area contributed by atoms with E-state index in [0.29, 0.717) is 17.9 Å². The molecule has 2 amide bonds. The van der Waals surface area contributed by atoms with Crippen LogP contribution in [0.1, 0.15) is 25.7 Å². The molecule has 0 bridgehead atoms. The minimum atomic E-state index is -0.437. The van der Waals surface area contributed by atoms with Crippen molar-refractivity contribution in [2.24, 2.45) is 0 Å². The number of carbonyl (C=O) groups is 1. The average molecular weight is 348 g/mol. The summed E-state index contributed by atoms with van der Waals surface area (Å²) in [5.41, 5.74) is 0.767. The van der Waals surface area contributed by atoms with Crippen LogP contribution in [0.15, 0.2) is 36.7 Å². The van der Waals surface area contributed by atoms with Crippen LogP contribution >= 0.6 is 11.8 Å². The van der Waals surface area contributed by atoms with E-state index in [-0.39, 0.29) is 6.03 Å². The van der Waals surface area contributed by atoms with E-state index in [1.54, 1.807) is 30.6 Å². The zero-order valence-corrected chi connectivity index (χ0v) is 14.2. The first-order valence-electron chi connectivity index (χ1n) is 8.18. The summed E-state index contributed by atoms with van der Waals surface area (Å²) in [6, 6.07) is 5.96. The number of urea groups is 1. The summed E-state index contributed by atoms with van der Waals surface area (Å²) < 4.78 is 15.6. The summed E-state index contributed by atoms with van der Waals surface area (Å²) in [5, 5.41) is 10.2. The molecule has 1 heterocycles. The van der Waals surface area contributed by atoms with Gasteiger partial charge in [0.1, 0.15) is 5.69 Å². The number of rotatable bonds is 6. The van der Waals surface area contributed by atoms with Gasteiger partial charge in [0.15, 0.2) is 5.82 Å². The van der Waals surface area contributed by atoms with E-state index in [0.717, 1.165) is 11.0 Å². The van der Waals surface area contributed by atoms with E-state index in [4.69, 9.17) is 0 Å². The molecule has 2 aromatic rings. The largest absolute Gasteiger partial charge is 0.337 e. The van der Waals surface area contributed by atoms with Gasteiger partial charge in [-0.25, -0.2) is 13.9 Å². The predicted octanol–water partition coefficient (Wildman–Crippen LogP) is 3.81. The molecule has 1 aromatic heterocycles. The zero-order chi connectivity index (χ0) is 16.8. The van der Waals surface area contributed by atoms with Crippen molar-refractivity contribution in [3.63, 3.8) is 0 Å². The fraction of sp³-hybridized carbons (Fsp3) is 0.412. The van der Waals surface area contributed by atoms with Crippen molar-refractivity contribution in [3.05, 3.63) is 42.5 Å². The van der Waals surface area contributed by atoms with Gasteiger partial charge in [0.25, 0.3) is 0 Å². The Morgan fingerprint density at radius 3 is 2.92 bits per heavy atom. The molecule has 3 rings (SSSR count). The third kappa shape index (κ3) is 4.50. The van der Waals surface area contributed by atoms with Gasteiger partial charge in [-0.15, -0.1) is 0 Å². The van der Waals surface area contributed by atoms with Crippen LogP contribution in [0.2, 0.25) is 0 Å². The summed E-state index contributed by atoms with van der Waals surface area (Å²) in [7, 11) is 0. The Kier molecular flexibility index (Phi) is 5.74. The summed E-state index contributed by atoms with van der Waals surface area (Å²) in [4.78, 5) is 11.9. The molecule has 24 heavy (non-hydrogen) atoms. The van der Waals surface area contributed by atoms with Crippen LogP contribution in [-0.4, -0.2) is 33.4 Å². The number of carbonyl (C=O) groups excluding carboxylic acids is 1. The molecule has 5 nitrogen and oxygen atoms in total. The number of anilines is 1. The first-order valence-corrected chi connectivity index (χ1v) is 9.23. The highest BCUT2D eigenvalue weighted by molar-refractivity contribution is 7.99. The number of benzene rings is 1. The van der Waals surface area contributed by atoms with Crippen molar-refractivity contribution in [3.8, 4) is 5.69 Å². The molecule has 0 saturated heterocycles. The van der Waals surface area contributed by atoms with Crippen molar-refractivity contribution >= 4 is 23.5 Å². The van der Waals surface area contributed by atoms with E-state index < -0.39 is 5.82 Å². The van der Waals surface area contributed by atoms with Gasteiger partial charge in [0.2, 0.25) is 0 Å². The number of aromatic nitrogens is 2. The average Bonchev–Trinajstić information content (AvgIpc) is 3.25. The van der Waals surface area contributed by atoms with E-state index in [9.17, 15) is 9.18 Å². The summed E-state index contributed by atoms with van der Waals surface area (Å²) in [5.74, 6) is 0.471. The maximum atomic E-state index is 14.1. The molecule has 0 spiro atoms. The lowest BCUT2D eigenvalue weighted by atomic mass is 10.2. The lowest BCUT2D eigenvalue weighted by Crippen LogP contribution is -2.30. The third-order valence-electron chi connectivity index (χ3n) is 4.00. The lowest BCUT2D eigenvalue weighted by Gasteiger charge is -2.11. The fourth-order valence-corrected chi connectivity index (χ4v) is 4.02. The molecule has 1 aromatic carbocycles. The molecule has 1 aliphatic rings. The molecular formula is C17H21FN4OS. The van der Waals surface area contributed by atoms with Crippen molar-refractivity contribution in [1.29, 1.82) is 0 Å². The Morgan fingerprint density at radius 1 is 1.38 bits per heavy atom. The Bertz CT molecular complexity index is 671. The van der Waals surface area contributed by atoms with Gasteiger partial charge in [-0.1, -0.05) is 12.8 Å². The summed E-state index contributed by atoms with van der Waals surface area (Å²) in [6.45, 7) is 0.612. The lowest BCUT2D eigenvalue weighted by molar-refractivity contribution is 0.252. The third-order valence-corrected chi connectivity index (χ3v) is 5.38. The highest BCUT2D eigenvalue weighted by atomic mass is 32.2. The number of amides is 2. The minimum absolute atomic E-state index is 0.312. The SMILES string of the molecule is O=C(NCCSC1CCCC1)Nc1ccc(-n2cccn2)c(F)c1. The van der Waals surface area contributed by atoms with E-state index in [1.165, 1.54) is 36.4 Å². The van der Waals surface area contributed by atoms with Gasteiger partial charge in [0, 0.05) is 35.6 Å². The molecular weight excluding hydrogens is 327 g/mol. The molecule has 1 aliphatic carbocycles. The maximum Gasteiger partial charge on any atom is 0.319 e. The van der Waals surface area contributed by atoms with Crippen molar-refractivity contribution in [1.82, 2.24) is 15.1 Å². The number of nitrogens with one attached hydrogen (secondary N) is 2. The van der Waals surface area contributed by atoms with Gasteiger partial charge in [-0.3, -0.25) is 0 Å². The highest BCUT2D eigenvalue weighted by Crippen LogP contribution is 2.28. The second kappa shape index (κ2) is 8.19. The molecule has 1 fully saturated rings. The second-order valence-corrected chi connectivity index (χ2v) is 7.18. The van der Waals surface area contributed by atoms with Gasteiger partial charge < -0.3 is 10.6 Å². The molecule has 128 valence electrons. The smallest absolute Gasteiger partial charge is 0.319 e. The molecule has 0 aliphatic heterocycles. The highest BCUT2D eigenvalue weighted by Gasteiger charge is 2.14. The first-order chi connectivity index (χ1) is 11.7. The van der Waals surface area contributed by atoms with Gasteiger partial charge >= 0.3 is 6.03 Å². The molecule has 0 radical (unpaired) electrons. The minimum Gasteiger partial charge on any atom is -0.337 e. The van der Waals surface area contributed by atoms with Crippen LogP contribution in [0.25, 0.3) is 5.69 Å². The van der Waals surface area contributed by atoms with E-state index >= 15 is 0 Å². The predicted molar refractivity (Wildman–Crippen MR) is 95.3 cm³/mol. The number of nitrogens with zero attached hydrogens (tertiary/aromatic N) is 2. The summed E-state index contributed by atoms with van der Waals surface area (Å²) in [6.07, 6.45) is 8.48. The van der Waals surface area contributed by atoms with Gasteiger partial charge in [-0.05, 0) is 37.1 Å². The number of thioether (sulfide) groups is 1. The molecule has 1 saturated carbocycles. The van der Waals surface area contributed by atoms with E-state index in [1.807, 2.05) is 11.8 Å². The number of hydrogen-bond acceptors (Lipinski definition) is 3. The van der Waals surface area contributed by atoms with Crippen LogP contribution in [0, 0.1) is 5.82 Å². The number of halogens is 1. The molecule has 7 heteroatoms. The van der Waals surface area contributed by atoms with Crippen molar-refractivity contribution in [2.75, 3.05) is 17.6 Å².